The van der Waals surface area contributed by atoms with Crippen LogP contribution in [0.3, 0.4) is 0 Å². The monoisotopic (exact) mass is 308 g/mol. The van der Waals surface area contributed by atoms with E-state index in [1.54, 1.807) is 24.3 Å². The summed E-state index contributed by atoms with van der Waals surface area (Å²) in [6.45, 7) is 0.858. The maximum Gasteiger partial charge on any atom is 0.238 e. The van der Waals surface area contributed by atoms with E-state index in [2.05, 4.69) is 10.6 Å². The summed E-state index contributed by atoms with van der Waals surface area (Å²) < 4.78 is 0. The number of amides is 1. The second-order valence-electron chi connectivity index (χ2n) is 4.29. The van der Waals surface area contributed by atoms with Crippen LogP contribution in [0.25, 0.3) is 0 Å². The van der Waals surface area contributed by atoms with Crippen LogP contribution in [0.4, 0.5) is 5.69 Å². The van der Waals surface area contributed by atoms with E-state index in [1.165, 1.54) is 0 Å². The van der Waals surface area contributed by atoms with Crippen LogP contribution in [0.2, 0.25) is 10.0 Å². The second kappa shape index (κ2) is 7.29. The Morgan fingerprint density at radius 2 is 1.45 bits per heavy atom. The number of carbonyl (C=O) groups is 1. The largest absolute Gasteiger partial charge is 0.325 e. The zero-order valence-corrected chi connectivity index (χ0v) is 12.2. The summed E-state index contributed by atoms with van der Waals surface area (Å²) in [5.41, 5.74) is 1.81. The molecule has 104 valence electrons. The number of carbonyl (C=O) groups excluding carboxylic acids is 1. The number of anilines is 1. The highest BCUT2D eigenvalue weighted by Gasteiger charge is 2.02. The minimum absolute atomic E-state index is 0.0960. The van der Waals surface area contributed by atoms with Gasteiger partial charge in [0, 0.05) is 22.3 Å². The molecule has 0 bridgehead atoms. The Kier molecular flexibility index (Phi) is 5.41. The van der Waals surface area contributed by atoms with E-state index >= 15 is 0 Å². The second-order valence-corrected chi connectivity index (χ2v) is 5.16. The van der Waals surface area contributed by atoms with E-state index in [0.29, 0.717) is 16.6 Å². The highest BCUT2D eigenvalue weighted by atomic mass is 35.5. The van der Waals surface area contributed by atoms with Crippen LogP contribution in [0.1, 0.15) is 5.56 Å². The first-order valence-corrected chi connectivity index (χ1v) is 6.89. The predicted octanol–water partition coefficient (Wildman–Crippen LogP) is 3.72. The van der Waals surface area contributed by atoms with Gasteiger partial charge in [-0.25, -0.2) is 0 Å². The van der Waals surface area contributed by atoms with E-state index in [9.17, 15) is 4.79 Å². The topological polar surface area (TPSA) is 41.1 Å². The number of hydrogen-bond donors (Lipinski definition) is 2. The molecule has 0 aliphatic heterocycles. The van der Waals surface area contributed by atoms with Crippen LogP contribution >= 0.6 is 23.2 Å². The van der Waals surface area contributed by atoms with Crippen molar-refractivity contribution in [1.29, 1.82) is 0 Å². The Labute approximate surface area is 127 Å². The standard InChI is InChI=1S/C15H14Cl2N2O/c16-12-3-1-11(2-4-12)9-18-10-15(20)19-14-7-5-13(17)6-8-14/h1-8,18H,9-10H2,(H,19,20). The van der Waals surface area contributed by atoms with Crippen molar-refractivity contribution >= 4 is 34.8 Å². The van der Waals surface area contributed by atoms with E-state index in [0.717, 1.165) is 11.3 Å². The fraction of sp³-hybridized carbons (Fsp3) is 0.133. The van der Waals surface area contributed by atoms with Gasteiger partial charge in [0.05, 0.1) is 6.54 Å². The molecule has 0 aliphatic rings. The molecule has 0 heterocycles. The molecular weight excluding hydrogens is 295 g/mol. The van der Waals surface area contributed by atoms with Crippen molar-refractivity contribution in [3.05, 3.63) is 64.1 Å². The van der Waals surface area contributed by atoms with Gasteiger partial charge in [-0.05, 0) is 42.0 Å². The fourth-order valence-corrected chi connectivity index (χ4v) is 1.91. The summed E-state index contributed by atoms with van der Waals surface area (Å²) in [5.74, 6) is -0.0960. The maximum absolute atomic E-state index is 11.7. The Morgan fingerprint density at radius 1 is 0.900 bits per heavy atom. The Bertz CT molecular complexity index is 567. The van der Waals surface area contributed by atoms with Gasteiger partial charge in [-0.2, -0.15) is 0 Å². The van der Waals surface area contributed by atoms with Crippen LogP contribution in [-0.2, 0) is 11.3 Å². The van der Waals surface area contributed by atoms with Gasteiger partial charge in [0.2, 0.25) is 5.91 Å². The minimum atomic E-state index is -0.0960. The Balaban J connectivity index is 1.75. The highest BCUT2D eigenvalue weighted by Crippen LogP contribution is 2.13. The zero-order valence-electron chi connectivity index (χ0n) is 10.7. The third-order valence-corrected chi connectivity index (χ3v) is 3.16. The van der Waals surface area contributed by atoms with Crippen molar-refractivity contribution in [1.82, 2.24) is 5.32 Å². The summed E-state index contributed by atoms with van der Waals surface area (Å²) >= 11 is 11.6. The molecule has 5 heteroatoms. The molecule has 0 saturated heterocycles. The Hall–Kier alpha value is -1.55. The molecule has 1 amide bonds. The Morgan fingerprint density at radius 3 is 2.05 bits per heavy atom. The van der Waals surface area contributed by atoms with Gasteiger partial charge in [-0.1, -0.05) is 35.3 Å². The van der Waals surface area contributed by atoms with Gasteiger partial charge in [-0.3, -0.25) is 4.79 Å². The molecule has 0 radical (unpaired) electrons. The van der Waals surface area contributed by atoms with Gasteiger partial charge in [-0.15, -0.1) is 0 Å². The summed E-state index contributed by atoms with van der Waals surface area (Å²) in [5, 5.41) is 7.20. The van der Waals surface area contributed by atoms with Crippen molar-refractivity contribution in [2.75, 3.05) is 11.9 Å². The van der Waals surface area contributed by atoms with E-state index in [-0.39, 0.29) is 12.5 Å². The van der Waals surface area contributed by atoms with Gasteiger partial charge >= 0.3 is 0 Å². The smallest absolute Gasteiger partial charge is 0.238 e. The average molecular weight is 309 g/mol. The van der Waals surface area contributed by atoms with Crippen LogP contribution in [0.5, 0.6) is 0 Å². The van der Waals surface area contributed by atoms with Crippen molar-refractivity contribution < 1.29 is 4.79 Å². The van der Waals surface area contributed by atoms with Gasteiger partial charge < -0.3 is 10.6 Å². The number of benzene rings is 2. The summed E-state index contributed by atoms with van der Waals surface area (Å²) in [7, 11) is 0. The predicted molar refractivity (Wildman–Crippen MR) is 83.2 cm³/mol. The normalized spacial score (nSPS) is 10.3. The van der Waals surface area contributed by atoms with E-state index in [4.69, 9.17) is 23.2 Å². The average Bonchev–Trinajstić information content (AvgIpc) is 2.44. The van der Waals surface area contributed by atoms with Crippen LogP contribution in [0, 0.1) is 0 Å². The van der Waals surface area contributed by atoms with Crippen molar-refractivity contribution in [3.8, 4) is 0 Å². The molecule has 20 heavy (non-hydrogen) atoms. The first kappa shape index (κ1) is 14.9. The van der Waals surface area contributed by atoms with Crippen LogP contribution in [-0.4, -0.2) is 12.5 Å². The lowest BCUT2D eigenvalue weighted by atomic mass is 10.2. The molecule has 2 aromatic rings. The highest BCUT2D eigenvalue weighted by molar-refractivity contribution is 6.30. The third kappa shape index (κ3) is 4.85. The van der Waals surface area contributed by atoms with Gasteiger partial charge in [0.1, 0.15) is 0 Å². The SMILES string of the molecule is O=C(CNCc1ccc(Cl)cc1)Nc1ccc(Cl)cc1. The van der Waals surface area contributed by atoms with Gasteiger partial charge in [0.25, 0.3) is 0 Å². The first-order valence-electron chi connectivity index (χ1n) is 6.14. The number of rotatable bonds is 5. The summed E-state index contributed by atoms with van der Waals surface area (Å²) in [4.78, 5) is 11.7. The molecule has 2 rings (SSSR count). The summed E-state index contributed by atoms with van der Waals surface area (Å²) in [6, 6.07) is 14.5. The van der Waals surface area contributed by atoms with Crippen molar-refractivity contribution in [3.63, 3.8) is 0 Å². The molecule has 0 saturated carbocycles. The molecule has 0 unspecified atom stereocenters. The minimum Gasteiger partial charge on any atom is -0.325 e. The van der Waals surface area contributed by atoms with Crippen molar-refractivity contribution in [2.24, 2.45) is 0 Å². The number of nitrogens with one attached hydrogen (secondary N) is 2. The fourth-order valence-electron chi connectivity index (χ4n) is 1.66. The lowest BCUT2D eigenvalue weighted by molar-refractivity contribution is -0.115. The van der Waals surface area contributed by atoms with E-state index in [1.807, 2.05) is 24.3 Å². The molecule has 2 aromatic carbocycles. The lowest BCUT2D eigenvalue weighted by Crippen LogP contribution is -2.27. The zero-order chi connectivity index (χ0) is 14.4. The van der Waals surface area contributed by atoms with Crippen molar-refractivity contribution in [2.45, 2.75) is 6.54 Å². The van der Waals surface area contributed by atoms with Crippen LogP contribution in [0.15, 0.2) is 48.5 Å². The lowest BCUT2D eigenvalue weighted by Gasteiger charge is -2.07. The molecule has 0 atom stereocenters. The molecule has 3 nitrogen and oxygen atoms in total. The molecule has 0 aromatic heterocycles. The molecule has 0 spiro atoms. The maximum atomic E-state index is 11.7. The van der Waals surface area contributed by atoms with Gasteiger partial charge in [0.15, 0.2) is 0 Å². The third-order valence-electron chi connectivity index (χ3n) is 2.66. The molecule has 0 fully saturated rings. The first-order chi connectivity index (χ1) is 9.63. The molecule has 0 aliphatic carbocycles. The molecular formula is C15H14Cl2N2O. The van der Waals surface area contributed by atoms with E-state index < -0.39 is 0 Å². The van der Waals surface area contributed by atoms with Crippen LogP contribution < -0.4 is 10.6 Å². The number of halogens is 2. The quantitative estimate of drug-likeness (QED) is 0.884. The summed E-state index contributed by atoms with van der Waals surface area (Å²) in [6.07, 6.45) is 0. The number of hydrogen-bond acceptors (Lipinski definition) is 2. The molecule has 2 N–H and O–H groups in total.